The summed E-state index contributed by atoms with van der Waals surface area (Å²) in [5, 5.41) is 0. The third kappa shape index (κ3) is 2.29. The lowest BCUT2D eigenvalue weighted by atomic mass is 9.58. The summed E-state index contributed by atoms with van der Waals surface area (Å²) in [5.41, 5.74) is 4.48. The lowest BCUT2D eigenvalue weighted by molar-refractivity contribution is 0.0177. The number of piperidine rings is 1. The van der Waals surface area contributed by atoms with E-state index in [9.17, 15) is 13.2 Å². The monoisotopic (exact) mass is 452 g/mol. The van der Waals surface area contributed by atoms with Crippen molar-refractivity contribution in [1.29, 1.82) is 0 Å². The fourth-order valence-corrected chi connectivity index (χ4v) is 7.71. The summed E-state index contributed by atoms with van der Waals surface area (Å²) in [6.07, 6.45) is 4.13. The van der Waals surface area contributed by atoms with Crippen LogP contribution in [-0.2, 0) is 22.0 Å². The molecule has 0 saturated carbocycles. The van der Waals surface area contributed by atoms with Crippen molar-refractivity contribution in [1.82, 2.24) is 14.9 Å². The fraction of sp³-hybridized carbons (Fsp3) is 0.391. The zero-order valence-corrected chi connectivity index (χ0v) is 18.9. The number of imidazole rings is 1. The average molecular weight is 453 g/mol. The molecule has 6 rings (SSSR count). The first kappa shape index (κ1) is 19.6. The minimum Gasteiger partial charge on any atom is -0.495 e. The number of carbonyl (C=O) groups excluding carboxylic acids is 1. The van der Waals surface area contributed by atoms with Gasteiger partial charge < -0.3 is 14.6 Å². The third-order valence-corrected chi connectivity index (χ3v) is 8.77. The van der Waals surface area contributed by atoms with Crippen molar-refractivity contribution in [2.24, 2.45) is 5.92 Å². The molecule has 9 heteroatoms. The molecule has 166 valence electrons. The molecule has 2 unspecified atom stereocenters. The van der Waals surface area contributed by atoms with Gasteiger partial charge in [-0.1, -0.05) is 13.0 Å². The summed E-state index contributed by atoms with van der Waals surface area (Å²) in [6.45, 7) is 2.57. The first-order valence-electron chi connectivity index (χ1n) is 10.7. The van der Waals surface area contributed by atoms with Crippen molar-refractivity contribution in [3.8, 4) is 5.75 Å². The molecule has 1 fully saturated rings. The Morgan fingerprint density at radius 2 is 2.09 bits per heavy atom. The zero-order chi connectivity index (χ0) is 22.4. The SMILES string of the molecule is COc1ccc2c3c1N(S(C)(=O)=O)[C@]31CCN(C(=O)c3ccc4nc[nH]c4c3)C(C2)C1C. The van der Waals surface area contributed by atoms with Gasteiger partial charge in [-0.05, 0) is 42.7 Å². The van der Waals surface area contributed by atoms with E-state index in [4.69, 9.17) is 4.74 Å². The number of aromatic amines is 1. The molecular weight excluding hydrogens is 428 g/mol. The van der Waals surface area contributed by atoms with Crippen molar-refractivity contribution in [3.05, 3.63) is 53.3 Å². The number of rotatable bonds is 3. The Labute approximate surface area is 186 Å². The molecule has 3 aromatic rings. The quantitative estimate of drug-likeness (QED) is 0.659. The summed E-state index contributed by atoms with van der Waals surface area (Å²) >= 11 is 0. The maximum atomic E-state index is 13.6. The number of fused-ring (bicyclic) bond motifs is 2. The van der Waals surface area contributed by atoms with E-state index in [0.29, 0.717) is 36.4 Å². The highest BCUT2D eigenvalue weighted by molar-refractivity contribution is 7.92. The van der Waals surface area contributed by atoms with Gasteiger partial charge >= 0.3 is 0 Å². The molecule has 1 N–H and O–H groups in total. The first-order chi connectivity index (χ1) is 15.3. The van der Waals surface area contributed by atoms with Gasteiger partial charge in [0, 0.05) is 29.6 Å². The van der Waals surface area contributed by atoms with Crippen LogP contribution in [0.3, 0.4) is 0 Å². The summed E-state index contributed by atoms with van der Waals surface area (Å²) < 4.78 is 32.9. The second-order valence-corrected chi connectivity index (χ2v) is 10.9. The number of likely N-dealkylation sites (tertiary alicyclic amines) is 1. The third-order valence-electron chi connectivity index (χ3n) is 7.60. The Balaban J connectivity index is 1.45. The second kappa shape index (κ2) is 6.25. The summed E-state index contributed by atoms with van der Waals surface area (Å²) in [5.74, 6) is 0.505. The number of ether oxygens (including phenoxy) is 1. The number of hydrogen-bond donors (Lipinski definition) is 1. The topological polar surface area (TPSA) is 95.6 Å². The van der Waals surface area contributed by atoms with Crippen LogP contribution in [0.15, 0.2) is 36.7 Å². The van der Waals surface area contributed by atoms with Gasteiger partial charge in [0.15, 0.2) is 0 Å². The predicted molar refractivity (Wildman–Crippen MR) is 120 cm³/mol. The van der Waals surface area contributed by atoms with Crippen LogP contribution in [0.25, 0.3) is 11.0 Å². The largest absolute Gasteiger partial charge is 0.495 e. The smallest absolute Gasteiger partial charge is 0.254 e. The number of aromatic nitrogens is 2. The van der Waals surface area contributed by atoms with E-state index < -0.39 is 15.6 Å². The number of H-pyrrole nitrogens is 1. The molecule has 2 aliphatic heterocycles. The predicted octanol–water partition coefficient (Wildman–Crippen LogP) is 2.65. The number of sulfonamides is 1. The van der Waals surface area contributed by atoms with Gasteiger partial charge in [0.1, 0.15) is 11.4 Å². The van der Waals surface area contributed by atoms with Crippen LogP contribution in [0.2, 0.25) is 0 Å². The summed E-state index contributed by atoms with van der Waals surface area (Å²) in [7, 11) is -1.95. The van der Waals surface area contributed by atoms with E-state index >= 15 is 0 Å². The van der Waals surface area contributed by atoms with Gasteiger partial charge in [0.2, 0.25) is 10.0 Å². The van der Waals surface area contributed by atoms with Crippen molar-refractivity contribution < 1.29 is 17.9 Å². The van der Waals surface area contributed by atoms with Gasteiger partial charge in [0.25, 0.3) is 5.91 Å². The highest BCUT2D eigenvalue weighted by Gasteiger charge is 2.65. The fourth-order valence-electron chi connectivity index (χ4n) is 6.25. The van der Waals surface area contributed by atoms with Gasteiger partial charge in [0.05, 0.1) is 36.3 Å². The van der Waals surface area contributed by atoms with Crippen LogP contribution < -0.4 is 9.04 Å². The van der Waals surface area contributed by atoms with Gasteiger partial charge in [-0.2, -0.15) is 0 Å². The van der Waals surface area contributed by atoms with Crippen LogP contribution in [0, 0.1) is 5.92 Å². The summed E-state index contributed by atoms with van der Waals surface area (Å²) in [6, 6.07) is 9.27. The first-order valence-corrected chi connectivity index (χ1v) is 12.6. The highest BCUT2D eigenvalue weighted by Crippen LogP contribution is 2.65. The number of nitrogens with one attached hydrogen (secondary N) is 1. The number of carbonyl (C=O) groups is 1. The molecule has 1 aromatic heterocycles. The Bertz CT molecular complexity index is 1400. The molecule has 2 bridgehead atoms. The number of methoxy groups -OCH3 is 1. The van der Waals surface area contributed by atoms with Crippen LogP contribution in [-0.4, -0.2) is 55.1 Å². The lowest BCUT2D eigenvalue weighted by Crippen LogP contribution is -2.71. The number of hydrogen-bond acceptors (Lipinski definition) is 5. The Hall–Kier alpha value is -3.07. The van der Waals surface area contributed by atoms with E-state index in [1.165, 1.54) is 6.26 Å². The van der Waals surface area contributed by atoms with Crippen LogP contribution in [0.4, 0.5) is 5.69 Å². The highest BCUT2D eigenvalue weighted by atomic mass is 32.2. The molecule has 32 heavy (non-hydrogen) atoms. The maximum Gasteiger partial charge on any atom is 0.254 e. The minimum atomic E-state index is -3.52. The molecule has 3 aliphatic rings. The van der Waals surface area contributed by atoms with Crippen molar-refractivity contribution >= 4 is 32.7 Å². The standard InChI is InChI=1S/C23H24N4O4S/c1-13-18-11-14-5-7-19(31-2)21-20(14)23(13,27(21)32(3,29)30)8-9-26(18)22(28)15-4-6-16-17(10-15)25-12-24-16/h4-7,10,12-13,18H,8-9,11H2,1-3H3,(H,24,25)/t13?,18?,23-/m0/s1. The average Bonchev–Trinajstić information content (AvgIpc) is 3.20. The van der Waals surface area contributed by atoms with Gasteiger partial charge in [-0.15, -0.1) is 0 Å². The Kier molecular flexibility index (Phi) is 3.83. The molecule has 1 amide bonds. The number of anilines is 1. The van der Waals surface area contributed by atoms with E-state index in [-0.39, 0.29) is 17.9 Å². The molecule has 1 spiro atoms. The summed E-state index contributed by atoms with van der Waals surface area (Å²) in [4.78, 5) is 22.8. The van der Waals surface area contributed by atoms with Crippen molar-refractivity contribution in [2.45, 2.75) is 31.3 Å². The molecular formula is C23H24N4O4S. The molecule has 1 aliphatic carbocycles. The van der Waals surface area contributed by atoms with Crippen LogP contribution in [0.5, 0.6) is 5.75 Å². The van der Waals surface area contributed by atoms with E-state index in [1.807, 2.05) is 35.2 Å². The molecule has 3 heterocycles. The second-order valence-electron chi connectivity index (χ2n) is 9.05. The number of nitrogens with zero attached hydrogens (tertiary/aromatic N) is 3. The van der Waals surface area contributed by atoms with Crippen molar-refractivity contribution in [2.75, 3.05) is 24.2 Å². The zero-order valence-electron chi connectivity index (χ0n) is 18.1. The van der Waals surface area contributed by atoms with Gasteiger partial charge in [-0.25, -0.2) is 13.4 Å². The van der Waals surface area contributed by atoms with Crippen LogP contribution >= 0.6 is 0 Å². The van der Waals surface area contributed by atoms with E-state index in [2.05, 4.69) is 16.9 Å². The minimum absolute atomic E-state index is 0.0318. The van der Waals surface area contributed by atoms with E-state index in [0.717, 1.165) is 22.2 Å². The molecule has 8 nitrogen and oxygen atoms in total. The van der Waals surface area contributed by atoms with Crippen LogP contribution in [0.1, 0.15) is 34.8 Å². The molecule has 3 atom stereocenters. The molecule has 2 aromatic carbocycles. The maximum absolute atomic E-state index is 13.6. The lowest BCUT2D eigenvalue weighted by Gasteiger charge is -2.65. The van der Waals surface area contributed by atoms with E-state index in [1.54, 1.807) is 17.7 Å². The molecule has 1 saturated heterocycles. The molecule has 0 radical (unpaired) electrons. The van der Waals surface area contributed by atoms with Gasteiger partial charge in [-0.3, -0.25) is 9.10 Å². The number of amides is 1. The Morgan fingerprint density at radius 1 is 1.28 bits per heavy atom. The van der Waals surface area contributed by atoms with Crippen molar-refractivity contribution in [3.63, 3.8) is 0 Å². The Morgan fingerprint density at radius 3 is 2.84 bits per heavy atom. The number of benzene rings is 2. The normalized spacial score (nSPS) is 26.0.